The minimum absolute atomic E-state index is 0.126. The smallest absolute Gasteiger partial charge is 0.220 e. The minimum Gasteiger partial charge on any atom is -0.497 e. The van der Waals surface area contributed by atoms with Crippen molar-refractivity contribution in [3.63, 3.8) is 0 Å². The Morgan fingerprint density at radius 3 is 2.91 bits per heavy atom. The number of carbonyl (C=O) groups is 1. The Bertz CT molecular complexity index is 487. The highest BCUT2D eigenvalue weighted by atomic mass is 16.5. The number of nitrogens with zero attached hydrogens (tertiary/aromatic N) is 1. The molecule has 128 valence electrons. The molecule has 1 aliphatic heterocycles. The first-order chi connectivity index (χ1) is 11.2. The van der Waals surface area contributed by atoms with E-state index in [0.717, 1.165) is 57.0 Å². The molecule has 2 N–H and O–H groups in total. The van der Waals surface area contributed by atoms with E-state index in [-0.39, 0.29) is 11.8 Å². The fourth-order valence-corrected chi connectivity index (χ4v) is 2.88. The van der Waals surface area contributed by atoms with Crippen molar-refractivity contribution in [1.29, 1.82) is 0 Å². The standard InChI is InChI=1S/C18H29N3O2/c1-15(16-5-3-6-17(14-16)23-2)13-18(22)20-7-4-10-21-11-8-19-9-12-21/h3,5-6,14-15,19H,4,7-13H2,1-2H3,(H,20,22). The van der Waals surface area contributed by atoms with Gasteiger partial charge in [0.05, 0.1) is 7.11 Å². The summed E-state index contributed by atoms with van der Waals surface area (Å²) in [6, 6.07) is 7.94. The summed E-state index contributed by atoms with van der Waals surface area (Å²) in [6.45, 7) is 8.27. The number of hydrogen-bond acceptors (Lipinski definition) is 4. The first-order valence-corrected chi connectivity index (χ1v) is 8.53. The predicted molar refractivity (Wildman–Crippen MR) is 93.0 cm³/mol. The molecule has 1 heterocycles. The van der Waals surface area contributed by atoms with Crippen LogP contribution < -0.4 is 15.4 Å². The van der Waals surface area contributed by atoms with Gasteiger partial charge in [-0.15, -0.1) is 0 Å². The van der Waals surface area contributed by atoms with Crippen molar-refractivity contribution in [2.75, 3.05) is 46.4 Å². The number of hydrogen-bond donors (Lipinski definition) is 2. The average Bonchev–Trinajstić information content (AvgIpc) is 2.59. The molecule has 0 saturated carbocycles. The minimum atomic E-state index is 0.126. The van der Waals surface area contributed by atoms with Gasteiger partial charge in [0.1, 0.15) is 5.75 Å². The van der Waals surface area contributed by atoms with E-state index in [2.05, 4.69) is 22.5 Å². The van der Waals surface area contributed by atoms with Crippen molar-refractivity contribution in [2.45, 2.75) is 25.7 Å². The van der Waals surface area contributed by atoms with Gasteiger partial charge in [0.2, 0.25) is 5.91 Å². The van der Waals surface area contributed by atoms with Crippen molar-refractivity contribution in [2.24, 2.45) is 0 Å². The zero-order valence-electron chi connectivity index (χ0n) is 14.3. The van der Waals surface area contributed by atoms with Gasteiger partial charge in [0.15, 0.2) is 0 Å². The fraction of sp³-hybridized carbons (Fsp3) is 0.611. The highest BCUT2D eigenvalue weighted by Crippen LogP contribution is 2.22. The topological polar surface area (TPSA) is 53.6 Å². The molecule has 0 radical (unpaired) electrons. The quantitative estimate of drug-likeness (QED) is 0.715. The molecule has 1 atom stereocenters. The highest BCUT2D eigenvalue weighted by molar-refractivity contribution is 5.76. The van der Waals surface area contributed by atoms with Crippen molar-refractivity contribution in [1.82, 2.24) is 15.5 Å². The molecule has 0 bridgehead atoms. The third kappa shape index (κ3) is 6.20. The van der Waals surface area contributed by atoms with E-state index in [9.17, 15) is 4.79 Å². The van der Waals surface area contributed by atoms with Gasteiger partial charge in [0.25, 0.3) is 0 Å². The number of carbonyl (C=O) groups excluding carboxylic acids is 1. The zero-order chi connectivity index (χ0) is 16.5. The van der Waals surface area contributed by atoms with Crippen LogP contribution in [0.2, 0.25) is 0 Å². The first-order valence-electron chi connectivity index (χ1n) is 8.53. The summed E-state index contributed by atoms with van der Waals surface area (Å²) < 4.78 is 5.24. The molecule has 2 rings (SSSR count). The van der Waals surface area contributed by atoms with Crippen LogP contribution in [0.25, 0.3) is 0 Å². The molecule has 5 nitrogen and oxygen atoms in total. The molecule has 1 amide bonds. The fourth-order valence-electron chi connectivity index (χ4n) is 2.88. The van der Waals surface area contributed by atoms with Crippen LogP contribution in [-0.2, 0) is 4.79 Å². The number of nitrogens with one attached hydrogen (secondary N) is 2. The summed E-state index contributed by atoms with van der Waals surface area (Å²) in [5.74, 6) is 1.16. The van der Waals surface area contributed by atoms with Gasteiger partial charge in [-0.25, -0.2) is 0 Å². The molecule has 1 aromatic carbocycles. The Morgan fingerprint density at radius 1 is 1.39 bits per heavy atom. The first kappa shape index (κ1) is 17.8. The van der Waals surface area contributed by atoms with Crippen molar-refractivity contribution < 1.29 is 9.53 Å². The van der Waals surface area contributed by atoms with Crippen molar-refractivity contribution in [3.8, 4) is 5.75 Å². The lowest BCUT2D eigenvalue weighted by Crippen LogP contribution is -2.44. The van der Waals surface area contributed by atoms with Crippen LogP contribution in [0.3, 0.4) is 0 Å². The van der Waals surface area contributed by atoms with Crippen molar-refractivity contribution >= 4 is 5.91 Å². The monoisotopic (exact) mass is 319 g/mol. The van der Waals surface area contributed by atoms with Crippen LogP contribution in [0, 0.1) is 0 Å². The zero-order valence-corrected chi connectivity index (χ0v) is 14.3. The SMILES string of the molecule is COc1cccc(C(C)CC(=O)NCCCN2CCNCC2)c1. The third-order valence-corrected chi connectivity index (χ3v) is 4.34. The Kier molecular flexibility index (Phi) is 7.36. The molecule has 1 aliphatic rings. The van der Waals surface area contributed by atoms with Crippen LogP contribution >= 0.6 is 0 Å². The summed E-state index contributed by atoms with van der Waals surface area (Å²) in [6.07, 6.45) is 1.53. The number of methoxy groups -OCH3 is 1. The maximum Gasteiger partial charge on any atom is 0.220 e. The van der Waals surface area contributed by atoms with Crippen LogP contribution in [0.4, 0.5) is 0 Å². The van der Waals surface area contributed by atoms with Gasteiger partial charge in [-0.1, -0.05) is 19.1 Å². The molecular weight excluding hydrogens is 290 g/mol. The van der Waals surface area contributed by atoms with Gasteiger partial charge >= 0.3 is 0 Å². The second-order valence-corrected chi connectivity index (χ2v) is 6.18. The van der Waals surface area contributed by atoms with E-state index in [1.807, 2.05) is 24.3 Å². The van der Waals surface area contributed by atoms with Gasteiger partial charge in [0, 0.05) is 39.1 Å². The van der Waals surface area contributed by atoms with Crippen LogP contribution in [0.5, 0.6) is 5.75 Å². The van der Waals surface area contributed by atoms with E-state index >= 15 is 0 Å². The van der Waals surface area contributed by atoms with Gasteiger partial charge in [-0.3, -0.25) is 4.79 Å². The molecule has 1 fully saturated rings. The molecule has 1 aromatic rings. The van der Waals surface area contributed by atoms with Crippen LogP contribution in [0.15, 0.2) is 24.3 Å². The number of ether oxygens (including phenoxy) is 1. The lowest BCUT2D eigenvalue weighted by atomic mass is 9.97. The third-order valence-electron chi connectivity index (χ3n) is 4.34. The number of piperazine rings is 1. The summed E-state index contributed by atoms with van der Waals surface area (Å²) >= 11 is 0. The lowest BCUT2D eigenvalue weighted by Gasteiger charge is -2.27. The van der Waals surface area contributed by atoms with Gasteiger partial charge < -0.3 is 20.3 Å². The van der Waals surface area contributed by atoms with Crippen LogP contribution in [0.1, 0.15) is 31.2 Å². The molecule has 0 aromatic heterocycles. The molecule has 0 aliphatic carbocycles. The van der Waals surface area contributed by atoms with E-state index in [4.69, 9.17) is 4.74 Å². The maximum absolute atomic E-state index is 12.1. The average molecular weight is 319 g/mol. The second kappa shape index (κ2) is 9.53. The van der Waals surface area contributed by atoms with E-state index in [0.29, 0.717) is 6.42 Å². The maximum atomic E-state index is 12.1. The molecule has 1 unspecified atom stereocenters. The molecule has 1 saturated heterocycles. The highest BCUT2D eigenvalue weighted by Gasteiger charge is 2.12. The summed E-state index contributed by atoms with van der Waals surface area (Å²) in [4.78, 5) is 14.5. The number of amides is 1. The Labute approximate surface area is 139 Å². The largest absolute Gasteiger partial charge is 0.497 e. The Balaban J connectivity index is 1.65. The second-order valence-electron chi connectivity index (χ2n) is 6.18. The van der Waals surface area contributed by atoms with Gasteiger partial charge in [-0.05, 0) is 36.6 Å². The van der Waals surface area contributed by atoms with Crippen molar-refractivity contribution in [3.05, 3.63) is 29.8 Å². The van der Waals surface area contributed by atoms with E-state index in [1.54, 1.807) is 7.11 Å². The Morgan fingerprint density at radius 2 is 2.17 bits per heavy atom. The van der Waals surface area contributed by atoms with Gasteiger partial charge in [-0.2, -0.15) is 0 Å². The molecule has 0 spiro atoms. The summed E-state index contributed by atoms with van der Waals surface area (Å²) in [5.41, 5.74) is 1.14. The Hall–Kier alpha value is -1.59. The normalized spacial score (nSPS) is 16.8. The van der Waals surface area contributed by atoms with E-state index < -0.39 is 0 Å². The molecular formula is C18H29N3O2. The number of rotatable bonds is 8. The predicted octanol–water partition coefficient (Wildman–Crippen LogP) is 1.60. The van der Waals surface area contributed by atoms with Crippen LogP contribution in [-0.4, -0.2) is 57.2 Å². The van der Waals surface area contributed by atoms with E-state index in [1.165, 1.54) is 0 Å². The molecule has 23 heavy (non-hydrogen) atoms. The molecule has 5 heteroatoms. The number of benzene rings is 1. The summed E-state index contributed by atoms with van der Waals surface area (Å²) in [5, 5.41) is 6.39. The lowest BCUT2D eigenvalue weighted by molar-refractivity contribution is -0.121. The summed E-state index contributed by atoms with van der Waals surface area (Å²) in [7, 11) is 1.66.